The standard InChI is InChI=1S/C13H21N5OS/c1-8-11(9(2)18(5)16-8)14-7-10-12(19-6)15-13(20-10)17(3)4/h14H,7H2,1-6H3. The van der Waals surface area contributed by atoms with Crippen molar-refractivity contribution in [3.63, 3.8) is 0 Å². The van der Waals surface area contributed by atoms with Crippen molar-refractivity contribution in [2.75, 3.05) is 31.4 Å². The van der Waals surface area contributed by atoms with Gasteiger partial charge in [-0.25, -0.2) is 0 Å². The number of hydrogen-bond acceptors (Lipinski definition) is 6. The molecule has 2 heterocycles. The van der Waals surface area contributed by atoms with Crippen LogP contribution in [-0.2, 0) is 13.6 Å². The maximum atomic E-state index is 5.34. The summed E-state index contributed by atoms with van der Waals surface area (Å²) in [6.45, 7) is 4.74. The molecular weight excluding hydrogens is 274 g/mol. The zero-order chi connectivity index (χ0) is 14.9. The number of aryl methyl sites for hydroxylation is 2. The third kappa shape index (κ3) is 2.72. The van der Waals surface area contributed by atoms with Crippen LogP contribution in [0.1, 0.15) is 16.3 Å². The lowest BCUT2D eigenvalue weighted by Crippen LogP contribution is -2.07. The molecule has 0 radical (unpaired) electrons. The molecule has 2 aromatic rings. The fraction of sp³-hybridized carbons (Fsp3) is 0.538. The number of methoxy groups -OCH3 is 1. The topological polar surface area (TPSA) is 55.2 Å². The Morgan fingerprint density at radius 1 is 1.35 bits per heavy atom. The predicted molar refractivity (Wildman–Crippen MR) is 83.0 cm³/mol. The van der Waals surface area contributed by atoms with Crippen LogP contribution >= 0.6 is 11.3 Å². The molecule has 0 unspecified atom stereocenters. The van der Waals surface area contributed by atoms with Crippen molar-refractivity contribution in [3.05, 3.63) is 16.3 Å². The summed E-state index contributed by atoms with van der Waals surface area (Å²) in [4.78, 5) is 7.52. The average molecular weight is 295 g/mol. The minimum atomic E-state index is 0.683. The number of hydrogen-bond donors (Lipinski definition) is 1. The van der Waals surface area contributed by atoms with E-state index in [-0.39, 0.29) is 0 Å². The Kier molecular flexibility index (Phi) is 4.17. The van der Waals surface area contributed by atoms with E-state index >= 15 is 0 Å². The SMILES string of the molecule is COc1nc(N(C)C)sc1CNc1c(C)nn(C)c1C. The predicted octanol–water partition coefficient (Wildman–Crippen LogP) is 2.18. The van der Waals surface area contributed by atoms with Gasteiger partial charge in [0.1, 0.15) is 0 Å². The number of nitrogens with zero attached hydrogens (tertiary/aromatic N) is 4. The number of thiazole rings is 1. The van der Waals surface area contributed by atoms with Crippen LogP contribution in [0.4, 0.5) is 10.8 Å². The summed E-state index contributed by atoms with van der Waals surface area (Å²) < 4.78 is 7.22. The first-order chi connectivity index (χ1) is 9.43. The number of aromatic nitrogens is 3. The minimum Gasteiger partial charge on any atom is -0.480 e. The molecule has 2 rings (SSSR count). The van der Waals surface area contributed by atoms with Gasteiger partial charge in [0, 0.05) is 21.1 Å². The molecule has 0 saturated carbocycles. The molecule has 0 aromatic carbocycles. The Hall–Kier alpha value is -1.76. The Morgan fingerprint density at radius 3 is 2.55 bits per heavy atom. The smallest absolute Gasteiger partial charge is 0.231 e. The van der Waals surface area contributed by atoms with E-state index in [4.69, 9.17) is 4.74 Å². The van der Waals surface area contributed by atoms with Gasteiger partial charge >= 0.3 is 0 Å². The number of anilines is 2. The van der Waals surface area contributed by atoms with E-state index in [1.54, 1.807) is 18.4 Å². The molecule has 0 fully saturated rings. The second-order valence-electron chi connectivity index (χ2n) is 4.85. The monoisotopic (exact) mass is 295 g/mol. The molecule has 0 saturated heterocycles. The van der Waals surface area contributed by atoms with E-state index in [0.29, 0.717) is 12.4 Å². The van der Waals surface area contributed by atoms with Gasteiger partial charge in [0.15, 0.2) is 5.13 Å². The first kappa shape index (κ1) is 14.6. The van der Waals surface area contributed by atoms with Crippen LogP contribution in [0.2, 0.25) is 0 Å². The van der Waals surface area contributed by atoms with Crippen LogP contribution in [0.25, 0.3) is 0 Å². The fourth-order valence-corrected chi connectivity index (χ4v) is 2.88. The van der Waals surface area contributed by atoms with Gasteiger partial charge in [-0.1, -0.05) is 11.3 Å². The molecule has 1 N–H and O–H groups in total. The fourth-order valence-electron chi connectivity index (χ4n) is 1.99. The quantitative estimate of drug-likeness (QED) is 0.916. The van der Waals surface area contributed by atoms with Crippen molar-refractivity contribution >= 4 is 22.2 Å². The maximum Gasteiger partial charge on any atom is 0.231 e. The number of rotatable bonds is 5. The van der Waals surface area contributed by atoms with Crippen LogP contribution in [0.15, 0.2) is 0 Å². The van der Waals surface area contributed by atoms with Gasteiger partial charge in [0.25, 0.3) is 0 Å². The summed E-state index contributed by atoms with van der Waals surface area (Å²) in [6, 6.07) is 0. The van der Waals surface area contributed by atoms with Gasteiger partial charge in [-0.15, -0.1) is 0 Å². The highest BCUT2D eigenvalue weighted by atomic mass is 32.1. The molecule has 0 amide bonds. The molecule has 20 heavy (non-hydrogen) atoms. The van der Waals surface area contributed by atoms with E-state index in [0.717, 1.165) is 27.1 Å². The van der Waals surface area contributed by atoms with E-state index in [9.17, 15) is 0 Å². The summed E-state index contributed by atoms with van der Waals surface area (Å²) in [5.74, 6) is 0.686. The third-order valence-electron chi connectivity index (χ3n) is 3.16. The molecule has 2 aromatic heterocycles. The van der Waals surface area contributed by atoms with Crippen molar-refractivity contribution in [3.8, 4) is 5.88 Å². The van der Waals surface area contributed by atoms with Crippen molar-refractivity contribution in [1.82, 2.24) is 14.8 Å². The average Bonchev–Trinajstić information content (AvgIpc) is 2.91. The number of nitrogens with one attached hydrogen (secondary N) is 1. The van der Waals surface area contributed by atoms with Crippen molar-refractivity contribution in [1.29, 1.82) is 0 Å². The molecule has 0 atom stereocenters. The van der Waals surface area contributed by atoms with Crippen LogP contribution in [-0.4, -0.2) is 36.0 Å². The summed E-state index contributed by atoms with van der Waals surface area (Å²) in [5.41, 5.74) is 3.20. The Labute approximate surface area is 123 Å². The van der Waals surface area contributed by atoms with Gasteiger partial charge in [-0.05, 0) is 13.8 Å². The first-order valence-electron chi connectivity index (χ1n) is 6.39. The summed E-state index contributed by atoms with van der Waals surface area (Å²) >= 11 is 1.63. The molecule has 110 valence electrons. The van der Waals surface area contributed by atoms with E-state index in [1.165, 1.54) is 0 Å². The lowest BCUT2D eigenvalue weighted by Gasteiger charge is -2.06. The van der Waals surface area contributed by atoms with Gasteiger partial charge in [0.05, 0.1) is 35.6 Å². The minimum absolute atomic E-state index is 0.683. The van der Waals surface area contributed by atoms with E-state index in [1.807, 2.05) is 37.6 Å². The Balaban J connectivity index is 2.18. The first-order valence-corrected chi connectivity index (χ1v) is 7.20. The Bertz CT molecular complexity index is 602. The maximum absolute atomic E-state index is 5.34. The van der Waals surface area contributed by atoms with E-state index < -0.39 is 0 Å². The number of ether oxygens (including phenoxy) is 1. The molecule has 0 spiro atoms. The molecule has 6 nitrogen and oxygen atoms in total. The van der Waals surface area contributed by atoms with Crippen molar-refractivity contribution in [2.24, 2.45) is 7.05 Å². The lowest BCUT2D eigenvalue weighted by molar-refractivity contribution is 0.397. The van der Waals surface area contributed by atoms with Crippen LogP contribution in [0.5, 0.6) is 5.88 Å². The third-order valence-corrected chi connectivity index (χ3v) is 4.37. The van der Waals surface area contributed by atoms with Gasteiger partial charge in [-0.2, -0.15) is 10.1 Å². The van der Waals surface area contributed by atoms with Crippen LogP contribution < -0.4 is 15.0 Å². The molecule has 0 aliphatic carbocycles. The van der Waals surface area contributed by atoms with Gasteiger partial charge in [-0.3, -0.25) is 4.68 Å². The van der Waals surface area contributed by atoms with Crippen LogP contribution in [0.3, 0.4) is 0 Å². The lowest BCUT2D eigenvalue weighted by atomic mass is 10.3. The zero-order valence-corrected chi connectivity index (χ0v) is 13.6. The highest BCUT2D eigenvalue weighted by Gasteiger charge is 2.15. The Morgan fingerprint density at radius 2 is 2.05 bits per heavy atom. The van der Waals surface area contributed by atoms with Gasteiger partial charge < -0.3 is 15.0 Å². The normalized spacial score (nSPS) is 10.7. The van der Waals surface area contributed by atoms with E-state index in [2.05, 4.69) is 22.3 Å². The second kappa shape index (κ2) is 5.70. The summed E-state index contributed by atoms with van der Waals surface area (Å²) in [7, 11) is 7.55. The summed E-state index contributed by atoms with van der Waals surface area (Å²) in [5, 5.41) is 8.78. The molecular formula is C13H21N5OS. The van der Waals surface area contributed by atoms with Crippen LogP contribution in [0, 0.1) is 13.8 Å². The highest BCUT2D eigenvalue weighted by Crippen LogP contribution is 2.31. The van der Waals surface area contributed by atoms with Gasteiger partial charge in [0.2, 0.25) is 5.88 Å². The second-order valence-corrected chi connectivity index (χ2v) is 5.91. The van der Waals surface area contributed by atoms with Crippen molar-refractivity contribution < 1.29 is 4.74 Å². The molecule has 7 heteroatoms. The van der Waals surface area contributed by atoms with Crippen molar-refractivity contribution in [2.45, 2.75) is 20.4 Å². The molecule has 0 bridgehead atoms. The zero-order valence-electron chi connectivity index (χ0n) is 12.8. The molecule has 0 aliphatic rings. The molecule has 0 aliphatic heterocycles. The highest BCUT2D eigenvalue weighted by molar-refractivity contribution is 7.15. The largest absolute Gasteiger partial charge is 0.480 e. The summed E-state index contributed by atoms with van der Waals surface area (Å²) in [6.07, 6.45) is 0.